The van der Waals surface area contributed by atoms with Crippen LogP contribution in [0.4, 0.5) is 4.39 Å². The molecule has 0 aliphatic heterocycles. The highest BCUT2D eigenvalue weighted by Gasteiger charge is 2.24. The van der Waals surface area contributed by atoms with Crippen LogP contribution in [0.5, 0.6) is 5.75 Å². The number of para-hydroxylation sites is 1. The predicted molar refractivity (Wildman–Crippen MR) is 64.7 cm³/mol. The SMILES string of the molecule is CCOC(=O)C(CC)Oc1c(F)cccc1C(=O)O. The van der Waals surface area contributed by atoms with Crippen molar-refractivity contribution in [3.63, 3.8) is 0 Å². The first-order chi connectivity index (χ1) is 9.01. The second-order valence-electron chi connectivity index (χ2n) is 3.69. The number of benzene rings is 1. The van der Waals surface area contributed by atoms with Crippen LogP contribution in [0.15, 0.2) is 18.2 Å². The molecule has 19 heavy (non-hydrogen) atoms. The summed E-state index contributed by atoms with van der Waals surface area (Å²) in [5.41, 5.74) is -0.331. The number of aromatic carboxylic acids is 1. The number of carbonyl (C=O) groups is 2. The van der Waals surface area contributed by atoms with Gasteiger partial charge in [0, 0.05) is 0 Å². The van der Waals surface area contributed by atoms with Crippen LogP contribution in [0.25, 0.3) is 0 Å². The molecule has 0 radical (unpaired) electrons. The summed E-state index contributed by atoms with van der Waals surface area (Å²) in [7, 11) is 0. The molecule has 1 N–H and O–H groups in total. The molecule has 1 rings (SSSR count). The Morgan fingerprint density at radius 2 is 2.05 bits per heavy atom. The third kappa shape index (κ3) is 3.67. The molecule has 1 atom stereocenters. The highest BCUT2D eigenvalue weighted by atomic mass is 19.1. The Labute approximate surface area is 109 Å². The Morgan fingerprint density at radius 1 is 1.37 bits per heavy atom. The molecule has 1 unspecified atom stereocenters. The highest BCUT2D eigenvalue weighted by molar-refractivity contribution is 5.91. The first-order valence-corrected chi connectivity index (χ1v) is 5.86. The fraction of sp³-hybridized carbons (Fsp3) is 0.385. The van der Waals surface area contributed by atoms with Crippen molar-refractivity contribution in [3.8, 4) is 5.75 Å². The molecule has 0 saturated carbocycles. The van der Waals surface area contributed by atoms with E-state index in [1.807, 2.05) is 0 Å². The Balaban J connectivity index is 3.03. The number of rotatable bonds is 6. The minimum Gasteiger partial charge on any atom is -0.478 e. The third-order valence-electron chi connectivity index (χ3n) is 2.38. The fourth-order valence-corrected chi connectivity index (χ4v) is 1.47. The summed E-state index contributed by atoms with van der Waals surface area (Å²) in [6.07, 6.45) is -0.790. The highest BCUT2D eigenvalue weighted by Crippen LogP contribution is 2.24. The number of carboxylic acid groups (broad SMARTS) is 1. The summed E-state index contributed by atoms with van der Waals surface area (Å²) in [4.78, 5) is 22.5. The smallest absolute Gasteiger partial charge is 0.347 e. The maximum atomic E-state index is 13.6. The molecule has 5 nitrogen and oxygen atoms in total. The van der Waals surface area contributed by atoms with Gasteiger partial charge in [0.15, 0.2) is 17.7 Å². The zero-order chi connectivity index (χ0) is 14.4. The molecule has 0 bridgehead atoms. The van der Waals surface area contributed by atoms with Gasteiger partial charge >= 0.3 is 11.9 Å². The molecule has 0 heterocycles. The topological polar surface area (TPSA) is 72.8 Å². The van der Waals surface area contributed by atoms with Crippen molar-refractivity contribution in [1.82, 2.24) is 0 Å². The van der Waals surface area contributed by atoms with E-state index < -0.39 is 29.6 Å². The average molecular weight is 270 g/mol. The molecule has 1 aromatic carbocycles. The van der Waals surface area contributed by atoms with Gasteiger partial charge in [-0.3, -0.25) is 0 Å². The molecule has 0 aromatic heterocycles. The lowest BCUT2D eigenvalue weighted by Gasteiger charge is -2.17. The van der Waals surface area contributed by atoms with Gasteiger partial charge in [-0.15, -0.1) is 0 Å². The van der Waals surface area contributed by atoms with E-state index in [9.17, 15) is 14.0 Å². The van der Waals surface area contributed by atoms with E-state index in [0.717, 1.165) is 6.07 Å². The Bertz CT molecular complexity index is 472. The van der Waals surface area contributed by atoms with Crippen LogP contribution < -0.4 is 4.74 Å². The first kappa shape index (κ1) is 14.9. The van der Waals surface area contributed by atoms with Crippen molar-refractivity contribution < 1.29 is 28.6 Å². The average Bonchev–Trinajstić information content (AvgIpc) is 2.37. The van der Waals surface area contributed by atoms with Gasteiger partial charge in [-0.2, -0.15) is 0 Å². The van der Waals surface area contributed by atoms with Gasteiger partial charge in [-0.1, -0.05) is 13.0 Å². The predicted octanol–water partition coefficient (Wildman–Crippen LogP) is 2.24. The van der Waals surface area contributed by atoms with E-state index in [-0.39, 0.29) is 18.6 Å². The molecule has 0 aliphatic rings. The van der Waals surface area contributed by atoms with Gasteiger partial charge in [-0.05, 0) is 25.5 Å². The third-order valence-corrected chi connectivity index (χ3v) is 2.38. The van der Waals surface area contributed by atoms with Crippen LogP contribution in [0, 0.1) is 5.82 Å². The van der Waals surface area contributed by atoms with Crippen LogP contribution in [0.2, 0.25) is 0 Å². The van der Waals surface area contributed by atoms with Crippen molar-refractivity contribution in [1.29, 1.82) is 0 Å². The van der Waals surface area contributed by atoms with E-state index in [4.69, 9.17) is 14.6 Å². The summed E-state index contributed by atoms with van der Waals surface area (Å²) >= 11 is 0. The first-order valence-electron chi connectivity index (χ1n) is 5.86. The van der Waals surface area contributed by atoms with Crippen molar-refractivity contribution in [2.24, 2.45) is 0 Å². The molecule has 0 spiro atoms. The number of halogens is 1. The van der Waals surface area contributed by atoms with Gasteiger partial charge < -0.3 is 14.6 Å². The molecule has 6 heteroatoms. The number of hydrogen-bond acceptors (Lipinski definition) is 4. The molecular formula is C13H15FO5. The normalized spacial score (nSPS) is 11.7. The van der Waals surface area contributed by atoms with Gasteiger partial charge in [0.2, 0.25) is 0 Å². The molecule has 104 valence electrons. The van der Waals surface area contributed by atoms with Gasteiger partial charge in [0.25, 0.3) is 0 Å². The van der Waals surface area contributed by atoms with Crippen LogP contribution in [-0.4, -0.2) is 29.8 Å². The van der Waals surface area contributed by atoms with Crippen molar-refractivity contribution in [2.75, 3.05) is 6.61 Å². The van der Waals surface area contributed by atoms with Crippen LogP contribution in [0.1, 0.15) is 30.6 Å². The number of carboxylic acids is 1. The molecule has 0 fully saturated rings. The number of carbonyl (C=O) groups excluding carboxylic acids is 1. The van der Waals surface area contributed by atoms with Crippen molar-refractivity contribution in [2.45, 2.75) is 26.4 Å². The monoisotopic (exact) mass is 270 g/mol. The van der Waals surface area contributed by atoms with Crippen molar-refractivity contribution in [3.05, 3.63) is 29.6 Å². The fourth-order valence-electron chi connectivity index (χ4n) is 1.47. The summed E-state index contributed by atoms with van der Waals surface area (Å²) in [6, 6.07) is 3.54. The van der Waals surface area contributed by atoms with Crippen LogP contribution in [0.3, 0.4) is 0 Å². The summed E-state index contributed by atoms with van der Waals surface area (Å²) in [5.74, 6) is -3.25. The van der Waals surface area contributed by atoms with E-state index in [1.54, 1.807) is 13.8 Å². The van der Waals surface area contributed by atoms with E-state index in [0.29, 0.717) is 0 Å². The second-order valence-corrected chi connectivity index (χ2v) is 3.69. The number of esters is 1. The zero-order valence-corrected chi connectivity index (χ0v) is 10.7. The maximum absolute atomic E-state index is 13.6. The number of hydrogen-bond donors (Lipinski definition) is 1. The number of ether oxygens (including phenoxy) is 2. The molecule has 0 amide bonds. The van der Waals surface area contributed by atoms with E-state index >= 15 is 0 Å². The lowest BCUT2D eigenvalue weighted by molar-refractivity contribution is -0.151. The van der Waals surface area contributed by atoms with E-state index in [1.165, 1.54) is 12.1 Å². The molecule has 0 aliphatic carbocycles. The van der Waals surface area contributed by atoms with Gasteiger partial charge in [0.05, 0.1) is 6.61 Å². The van der Waals surface area contributed by atoms with Gasteiger partial charge in [-0.25, -0.2) is 14.0 Å². The summed E-state index contributed by atoms with van der Waals surface area (Å²) < 4.78 is 23.6. The molecular weight excluding hydrogens is 255 g/mol. The Hall–Kier alpha value is -2.11. The quantitative estimate of drug-likeness (QED) is 0.802. The minimum absolute atomic E-state index is 0.168. The largest absolute Gasteiger partial charge is 0.478 e. The van der Waals surface area contributed by atoms with Gasteiger partial charge in [0.1, 0.15) is 5.56 Å². The van der Waals surface area contributed by atoms with Crippen molar-refractivity contribution >= 4 is 11.9 Å². The summed E-state index contributed by atoms with van der Waals surface area (Å²) in [5, 5.41) is 8.95. The second kappa shape index (κ2) is 6.72. The molecule has 0 saturated heterocycles. The van der Waals surface area contributed by atoms with Crippen LogP contribution >= 0.6 is 0 Å². The van der Waals surface area contributed by atoms with Crippen LogP contribution in [-0.2, 0) is 9.53 Å². The zero-order valence-electron chi connectivity index (χ0n) is 10.7. The maximum Gasteiger partial charge on any atom is 0.347 e. The summed E-state index contributed by atoms with van der Waals surface area (Å²) in [6.45, 7) is 3.46. The standard InChI is InChI=1S/C13H15FO5/c1-3-10(13(17)18-4-2)19-11-8(12(15)16)6-5-7-9(11)14/h5-7,10H,3-4H2,1-2H3,(H,15,16). The van der Waals surface area contributed by atoms with E-state index in [2.05, 4.69) is 0 Å². The Morgan fingerprint density at radius 3 is 2.58 bits per heavy atom. The lowest BCUT2D eigenvalue weighted by Crippen LogP contribution is -2.29. The molecule has 1 aromatic rings. The lowest BCUT2D eigenvalue weighted by atomic mass is 10.2. The minimum atomic E-state index is -1.33. The Kier molecular flexibility index (Phi) is 5.29.